The molecule has 0 atom stereocenters. The van der Waals surface area contributed by atoms with Crippen molar-refractivity contribution in [3.05, 3.63) is 74.6 Å². The second kappa shape index (κ2) is 6.25. The molecule has 2 aromatic carbocycles. The highest BCUT2D eigenvalue weighted by Gasteiger charge is 2.21. The Kier molecular flexibility index (Phi) is 4.09. The molecule has 0 fully saturated rings. The van der Waals surface area contributed by atoms with Crippen molar-refractivity contribution in [2.75, 3.05) is 5.32 Å². The van der Waals surface area contributed by atoms with Gasteiger partial charge in [0.15, 0.2) is 0 Å². The molecule has 0 aliphatic heterocycles. The minimum atomic E-state index is -0.134. The number of hydrogen-bond acceptors (Lipinski definition) is 2. The van der Waals surface area contributed by atoms with Gasteiger partial charge in [-0.2, -0.15) is 0 Å². The number of anilines is 1. The lowest BCUT2D eigenvalue weighted by molar-refractivity contribution is 0.103. The van der Waals surface area contributed by atoms with Gasteiger partial charge in [-0.1, -0.05) is 47.5 Å². The highest BCUT2D eigenvalue weighted by atomic mass is 35.5. The first-order valence-electron chi connectivity index (χ1n) is 7.58. The van der Waals surface area contributed by atoms with E-state index < -0.39 is 0 Å². The Morgan fingerprint density at radius 3 is 2.46 bits per heavy atom. The van der Waals surface area contributed by atoms with Crippen molar-refractivity contribution in [3.8, 4) is 10.4 Å². The lowest BCUT2D eigenvalue weighted by atomic mass is 9.91. The summed E-state index contributed by atoms with van der Waals surface area (Å²) in [6.45, 7) is 0. The molecule has 0 spiro atoms. The summed E-state index contributed by atoms with van der Waals surface area (Å²) in [4.78, 5) is 14.5. The number of thiophene rings is 1. The molecule has 0 saturated heterocycles. The zero-order chi connectivity index (χ0) is 16.7. The summed E-state index contributed by atoms with van der Waals surface area (Å²) in [7, 11) is 0. The highest BCUT2D eigenvalue weighted by Crippen LogP contribution is 2.39. The molecular formula is C19H13Cl2NOS. The Hall–Kier alpha value is -1.81. The molecule has 0 unspecified atom stereocenters. The average molecular weight is 374 g/mol. The number of amides is 1. The standard InChI is InChI=1S/C19H13Cl2NOS/c20-13-8-14(21)10-15(9-13)22-19(23)17-7-12-6-5-11-3-1-2-4-16(11)18(12)24-17/h1-4,7-10H,5-6H2,(H,22,23). The van der Waals surface area contributed by atoms with Gasteiger partial charge in [0.05, 0.1) is 4.88 Å². The fourth-order valence-electron chi connectivity index (χ4n) is 3.00. The fraction of sp³-hybridized carbons (Fsp3) is 0.105. The average Bonchev–Trinajstić information content (AvgIpc) is 2.98. The lowest BCUT2D eigenvalue weighted by Crippen LogP contribution is -2.10. The van der Waals surface area contributed by atoms with E-state index in [1.807, 2.05) is 12.1 Å². The first-order valence-corrected chi connectivity index (χ1v) is 9.16. The third-order valence-electron chi connectivity index (χ3n) is 4.08. The van der Waals surface area contributed by atoms with Crippen LogP contribution in [0.25, 0.3) is 10.4 Å². The number of halogens is 2. The highest BCUT2D eigenvalue weighted by molar-refractivity contribution is 7.17. The Bertz CT molecular complexity index is 928. The lowest BCUT2D eigenvalue weighted by Gasteiger charge is -2.15. The van der Waals surface area contributed by atoms with Gasteiger partial charge in [0.25, 0.3) is 5.91 Å². The molecule has 24 heavy (non-hydrogen) atoms. The zero-order valence-corrected chi connectivity index (χ0v) is 14.9. The summed E-state index contributed by atoms with van der Waals surface area (Å²) in [6, 6.07) is 15.4. The van der Waals surface area contributed by atoms with Gasteiger partial charge >= 0.3 is 0 Å². The van der Waals surface area contributed by atoms with E-state index in [1.165, 1.54) is 32.9 Å². The van der Waals surface area contributed by atoms with Gasteiger partial charge in [-0.05, 0) is 53.8 Å². The van der Waals surface area contributed by atoms with Gasteiger partial charge in [0.1, 0.15) is 0 Å². The number of carbonyl (C=O) groups excluding carboxylic acids is 1. The molecule has 1 aliphatic carbocycles. The van der Waals surface area contributed by atoms with E-state index in [2.05, 4.69) is 23.5 Å². The predicted octanol–water partition coefficient (Wildman–Crippen LogP) is 6.07. The maximum Gasteiger partial charge on any atom is 0.265 e. The van der Waals surface area contributed by atoms with Crippen molar-refractivity contribution < 1.29 is 4.79 Å². The van der Waals surface area contributed by atoms with Crippen LogP contribution in [0, 0.1) is 0 Å². The Morgan fingerprint density at radius 2 is 1.67 bits per heavy atom. The summed E-state index contributed by atoms with van der Waals surface area (Å²) < 4.78 is 0. The summed E-state index contributed by atoms with van der Waals surface area (Å²) in [6.07, 6.45) is 1.99. The second-order valence-electron chi connectivity index (χ2n) is 5.73. The van der Waals surface area contributed by atoms with Crippen LogP contribution >= 0.6 is 34.5 Å². The van der Waals surface area contributed by atoms with E-state index in [0.717, 1.165) is 12.8 Å². The molecule has 3 aromatic rings. The van der Waals surface area contributed by atoms with Gasteiger partial charge in [-0.25, -0.2) is 0 Å². The zero-order valence-electron chi connectivity index (χ0n) is 12.6. The molecule has 0 bridgehead atoms. The largest absolute Gasteiger partial charge is 0.321 e. The number of nitrogens with one attached hydrogen (secondary N) is 1. The third kappa shape index (κ3) is 2.95. The van der Waals surface area contributed by atoms with E-state index in [0.29, 0.717) is 20.6 Å². The first kappa shape index (κ1) is 15.7. The number of benzene rings is 2. The maximum atomic E-state index is 12.6. The van der Waals surface area contributed by atoms with Crippen LogP contribution in [0.4, 0.5) is 5.69 Å². The maximum absolute atomic E-state index is 12.6. The molecule has 2 nitrogen and oxygen atoms in total. The molecule has 0 radical (unpaired) electrons. The van der Waals surface area contributed by atoms with Crippen LogP contribution in [0.5, 0.6) is 0 Å². The van der Waals surface area contributed by atoms with Crippen molar-refractivity contribution in [2.24, 2.45) is 0 Å². The quantitative estimate of drug-likeness (QED) is 0.579. The SMILES string of the molecule is O=C(Nc1cc(Cl)cc(Cl)c1)c1cc2c(s1)-c1ccccc1CC2. The Labute approximate surface area is 154 Å². The molecule has 0 saturated carbocycles. The molecule has 120 valence electrons. The monoisotopic (exact) mass is 373 g/mol. The van der Waals surface area contributed by atoms with Gasteiger partial charge in [0, 0.05) is 20.6 Å². The van der Waals surface area contributed by atoms with Crippen LogP contribution in [-0.4, -0.2) is 5.91 Å². The molecule has 5 heteroatoms. The van der Waals surface area contributed by atoms with Crippen molar-refractivity contribution in [1.29, 1.82) is 0 Å². The normalized spacial score (nSPS) is 12.4. The van der Waals surface area contributed by atoms with Gasteiger partial charge in [-0.15, -0.1) is 11.3 Å². The smallest absolute Gasteiger partial charge is 0.265 e. The number of hydrogen-bond donors (Lipinski definition) is 1. The summed E-state index contributed by atoms with van der Waals surface area (Å²) >= 11 is 13.5. The molecule has 1 N–H and O–H groups in total. The van der Waals surface area contributed by atoms with Crippen LogP contribution in [0.2, 0.25) is 10.0 Å². The Morgan fingerprint density at radius 1 is 0.958 bits per heavy atom. The summed E-state index contributed by atoms with van der Waals surface area (Å²) in [5.41, 5.74) is 4.44. The van der Waals surface area contributed by atoms with Gasteiger partial charge < -0.3 is 5.32 Å². The van der Waals surface area contributed by atoms with Crippen LogP contribution in [0.1, 0.15) is 20.8 Å². The topological polar surface area (TPSA) is 29.1 Å². The fourth-order valence-corrected chi connectivity index (χ4v) is 4.69. The van der Waals surface area contributed by atoms with Gasteiger partial charge in [0.2, 0.25) is 0 Å². The first-order chi connectivity index (χ1) is 11.6. The molecule has 1 aliphatic rings. The van der Waals surface area contributed by atoms with Gasteiger partial charge in [-0.3, -0.25) is 4.79 Å². The second-order valence-corrected chi connectivity index (χ2v) is 7.66. The number of carbonyl (C=O) groups is 1. The minimum Gasteiger partial charge on any atom is -0.321 e. The van der Waals surface area contributed by atoms with E-state index in [-0.39, 0.29) is 5.91 Å². The number of rotatable bonds is 2. The van der Waals surface area contributed by atoms with E-state index in [1.54, 1.807) is 18.2 Å². The molecular weight excluding hydrogens is 361 g/mol. The van der Waals surface area contributed by atoms with E-state index in [4.69, 9.17) is 23.2 Å². The number of fused-ring (bicyclic) bond motifs is 3. The summed E-state index contributed by atoms with van der Waals surface area (Å²) in [5, 5.41) is 3.87. The minimum absolute atomic E-state index is 0.134. The van der Waals surface area contributed by atoms with Crippen LogP contribution in [-0.2, 0) is 12.8 Å². The van der Waals surface area contributed by atoms with Crippen molar-refractivity contribution in [3.63, 3.8) is 0 Å². The van der Waals surface area contributed by atoms with E-state index >= 15 is 0 Å². The van der Waals surface area contributed by atoms with Crippen molar-refractivity contribution in [2.45, 2.75) is 12.8 Å². The predicted molar refractivity (Wildman–Crippen MR) is 102 cm³/mol. The van der Waals surface area contributed by atoms with Crippen LogP contribution in [0.3, 0.4) is 0 Å². The van der Waals surface area contributed by atoms with E-state index in [9.17, 15) is 4.79 Å². The molecule has 1 amide bonds. The number of aryl methyl sites for hydroxylation is 2. The Balaban J connectivity index is 1.64. The third-order valence-corrected chi connectivity index (χ3v) is 5.72. The van der Waals surface area contributed by atoms with Crippen molar-refractivity contribution in [1.82, 2.24) is 0 Å². The van der Waals surface area contributed by atoms with Crippen molar-refractivity contribution >= 4 is 46.1 Å². The molecule has 1 aromatic heterocycles. The molecule has 4 rings (SSSR count). The molecule has 1 heterocycles. The van der Waals surface area contributed by atoms with Crippen LogP contribution < -0.4 is 5.32 Å². The summed E-state index contributed by atoms with van der Waals surface area (Å²) in [5.74, 6) is -0.134. The van der Waals surface area contributed by atoms with Crippen LogP contribution in [0.15, 0.2) is 48.5 Å².